The number of benzene rings is 1. The SMILES string of the molecule is O=C(Nc1cnn(-c2ccccc2)n1)c1cncc2c1C(=O)OC21CCCCC1. The number of rotatable bonds is 3. The molecule has 1 aliphatic carbocycles. The summed E-state index contributed by atoms with van der Waals surface area (Å²) in [6, 6.07) is 9.38. The highest BCUT2D eigenvalue weighted by Gasteiger charge is 2.48. The maximum Gasteiger partial charge on any atom is 0.340 e. The number of hydrogen-bond donors (Lipinski definition) is 1. The molecule has 0 bridgehead atoms. The first-order chi connectivity index (χ1) is 14.2. The fraction of sp³-hybridized carbons (Fsp3) is 0.286. The Labute approximate surface area is 166 Å². The Balaban J connectivity index is 1.43. The van der Waals surface area contributed by atoms with Crippen molar-refractivity contribution in [2.45, 2.75) is 37.7 Å². The number of esters is 1. The molecule has 146 valence electrons. The molecule has 8 nitrogen and oxygen atoms in total. The lowest BCUT2D eigenvalue weighted by Gasteiger charge is -2.32. The molecule has 1 N–H and O–H groups in total. The maximum absolute atomic E-state index is 12.9. The molecule has 0 radical (unpaired) electrons. The van der Waals surface area contributed by atoms with Gasteiger partial charge in [0.2, 0.25) is 0 Å². The van der Waals surface area contributed by atoms with Gasteiger partial charge in [-0.15, -0.1) is 9.90 Å². The molecular formula is C21H19N5O3. The van der Waals surface area contributed by atoms with Gasteiger partial charge < -0.3 is 10.1 Å². The number of fused-ring (bicyclic) bond motifs is 2. The van der Waals surface area contributed by atoms with Crippen molar-refractivity contribution in [1.29, 1.82) is 0 Å². The Morgan fingerprint density at radius 1 is 1.07 bits per heavy atom. The number of carbonyl (C=O) groups is 2. The highest BCUT2D eigenvalue weighted by molar-refractivity contribution is 6.12. The van der Waals surface area contributed by atoms with E-state index >= 15 is 0 Å². The van der Waals surface area contributed by atoms with Crippen molar-refractivity contribution in [3.8, 4) is 5.69 Å². The minimum absolute atomic E-state index is 0.198. The summed E-state index contributed by atoms with van der Waals surface area (Å²) in [7, 11) is 0. The Bertz CT molecular complexity index is 1090. The van der Waals surface area contributed by atoms with E-state index in [9.17, 15) is 9.59 Å². The zero-order valence-electron chi connectivity index (χ0n) is 15.7. The van der Waals surface area contributed by atoms with Crippen LogP contribution < -0.4 is 5.32 Å². The number of pyridine rings is 1. The van der Waals surface area contributed by atoms with Crippen LogP contribution in [0.3, 0.4) is 0 Å². The second-order valence-electron chi connectivity index (χ2n) is 7.36. The number of para-hydroxylation sites is 1. The van der Waals surface area contributed by atoms with Gasteiger partial charge in [0.15, 0.2) is 5.82 Å². The fourth-order valence-electron chi connectivity index (χ4n) is 4.17. The Hall–Kier alpha value is -3.55. The second-order valence-corrected chi connectivity index (χ2v) is 7.36. The van der Waals surface area contributed by atoms with Crippen LogP contribution in [0.2, 0.25) is 0 Å². The first-order valence-electron chi connectivity index (χ1n) is 9.67. The van der Waals surface area contributed by atoms with Gasteiger partial charge in [-0.2, -0.15) is 5.10 Å². The van der Waals surface area contributed by atoms with Gasteiger partial charge in [-0.25, -0.2) is 4.79 Å². The van der Waals surface area contributed by atoms with Gasteiger partial charge in [-0.3, -0.25) is 9.78 Å². The van der Waals surface area contributed by atoms with E-state index in [0.717, 1.165) is 43.4 Å². The van der Waals surface area contributed by atoms with Crippen LogP contribution in [0.15, 0.2) is 48.9 Å². The molecule has 1 spiro atoms. The normalized spacial score (nSPS) is 17.0. The molecule has 5 rings (SSSR count). The molecule has 8 heteroatoms. The molecule has 1 aliphatic heterocycles. The van der Waals surface area contributed by atoms with Crippen LogP contribution >= 0.6 is 0 Å². The smallest absolute Gasteiger partial charge is 0.340 e. The number of nitrogens with zero attached hydrogens (tertiary/aromatic N) is 4. The van der Waals surface area contributed by atoms with Gasteiger partial charge in [0.25, 0.3) is 5.91 Å². The molecule has 2 aliphatic rings. The van der Waals surface area contributed by atoms with E-state index in [0.29, 0.717) is 5.56 Å². The summed E-state index contributed by atoms with van der Waals surface area (Å²) in [6.45, 7) is 0. The lowest BCUT2D eigenvalue weighted by Crippen LogP contribution is -2.29. The van der Waals surface area contributed by atoms with Crippen LogP contribution in [0, 0.1) is 0 Å². The standard InChI is InChI=1S/C21H19N5O3/c27-19(24-17-13-23-26(25-17)14-7-3-1-4-8-14)15-11-22-12-16-18(15)20(28)29-21(16)9-5-2-6-10-21/h1,3-4,7-8,11-13H,2,5-6,9-10H2,(H,24,25,27). The summed E-state index contributed by atoms with van der Waals surface area (Å²) in [5.74, 6) is -0.628. The van der Waals surface area contributed by atoms with Crippen molar-refractivity contribution in [3.63, 3.8) is 0 Å². The van der Waals surface area contributed by atoms with Crippen LogP contribution in [0.1, 0.15) is 58.4 Å². The first kappa shape index (κ1) is 17.5. The topological polar surface area (TPSA) is 99.0 Å². The number of nitrogens with one attached hydrogen (secondary N) is 1. The summed E-state index contributed by atoms with van der Waals surface area (Å²) in [5.41, 5.74) is 1.38. The van der Waals surface area contributed by atoms with Crippen LogP contribution in [-0.4, -0.2) is 31.9 Å². The molecular weight excluding hydrogens is 370 g/mol. The quantitative estimate of drug-likeness (QED) is 0.691. The molecule has 1 amide bonds. The van der Waals surface area contributed by atoms with Crippen molar-refractivity contribution in [2.24, 2.45) is 0 Å². The number of amides is 1. The largest absolute Gasteiger partial charge is 0.450 e. The van der Waals surface area contributed by atoms with E-state index in [1.807, 2.05) is 30.3 Å². The predicted molar refractivity (Wildman–Crippen MR) is 104 cm³/mol. The summed E-state index contributed by atoms with van der Waals surface area (Å²) in [6.07, 6.45) is 9.17. The van der Waals surface area contributed by atoms with E-state index < -0.39 is 17.5 Å². The Kier molecular flexibility index (Phi) is 4.12. The monoisotopic (exact) mass is 389 g/mol. The van der Waals surface area contributed by atoms with Gasteiger partial charge in [-0.1, -0.05) is 24.6 Å². The molecule has 0 saturated heterocycles. The van der Waals surface area contributed by atoms with E-state index in [1.54, 1.807) is 6.20 Å². The van der Waals surface area contributed by atoms with Gasteiger partial charge in [-0.05, 0) is 37.8 Å². The van der Waals surface area contributed by atoms with E-state index in [-0.39, 0.29) is 11.4 Å². The highest BCUT2D eigenvalue weighted by atomic mass is 16.6. The van der Waals surface area contributed by atoms with Crippen LogP contribution in [0.5, 0.6) is 0 Å². The van der Waals surface area contributed by atoms with E-state index in [2.05, 4.69) is 20.5 Å². The van der Waals surface area contributed by atoms with Crippen molar-refractivity contribution in [2.75, 3.05) is 5.32 Å². The first-order valence-corrected chi connectivity index (χ1v) is 9.67. The predicted octanol–water partition coefficient (Wildman–Crippen LogP) is 3.24. The molecule has 1 fully saturated rings. The van der Waals surface area contributed by atoms with Gasteiger partial charge in [0.1, 0.15) is 5.60 Å². The summed E-state index contributed by atoms with van der Waals surface area (Å²) >= 11 is 0. The molecule has 3 aromatic rings. The second kappa shape index (κ2) is 6.80. The lowest BCUT2D eigenvalue weighted by atomic mass is 9.79. The summed E-state index contributed by atoms with van der Waals surface area (Å²) < 4.78 is 5.77. The molecule has 0 unspecified atom stereocenters. The molecule has 0 atom stereocenters. The van der Waals surface area contributed by atoms with Crippen LogP contribution in [-0.2, 0) is 10.3 Å². The van der Waals surface area contributed by atoms with Crippen molar-refractivity contribution in [3.05, 3.63) is 65.6 Å². The third-order valence-electron chi connectivity index (χ3n) is 5.56. The molecule has 1 saturated carbocycles. The zero-order valence-corrected chi connectivity index (χ0v) is 15.7. The third-order valence-corrected chi connectivity index (χ3v) is 5.56. The van der Waals surface area contributed by atoms with E-state index in [1.165, 1.54) is 17.2 Å². The highest BCUT2D eigenvalue weighted by Crippen LogP contribution is 2.47. The number of hydrogen-bond acceptors (Lipinski definition) is 6. The van der Waals surface area contributed by atoms with E-state index in [4.69, 9.17) is 4.74 Å². The van der Waals surface area contributed by atoms with Gasteiger partial charge in [0.05, 0.1) is 23.0 Å². The lowest BCUT2D eigenvalue weighted by molar-refractivity contribution is -0.0281. The van der Waals surface area contributed by atoms with Crippen molar-refractivity contribution < 1.29 is 14.3 Å². The Morgan fingerprint density at radius 2 is 1.86 bits per heavy atom. The maximum atomic E-state index is 12.9. The average Bonchev–Trinajstić information content (AvgIpc) is 3.32. The number of anilines is 1. The molecule has 1 aromatic carbocycles. The minimum Gasteiger partial charge on any atom is -0.450 e. The fourth-order valence-corrected chi connectivity index (χ4v) is 4.17. The number of ether oxygens (including phenoxy) is 1. The third kappa shape index (κ3) is 2.97. The van der Waals surface area contributed by atoms with Gasteiger partial charge >= 0.3 is 5.97 Å². The van der Waals surface area contributed by atoms with Crippen molar-refractivity contribution in [1.82, 2.24) is 20.0 Å². The molecule has 2 aromatic heterocycles. The average molecular weight is 389 g/mol. The summed E-state index contributed by atoms with van der Waals surface area (Å²) in [5, 5.41) is 11.2. The van der Waals surface area contributed by atoms with Crippen LogP contribution in [0.25, 0.3) is 5.69 Å². The molecule has 29 heavy (non-hydrogen) atoms. The van der Waals surface area contributed by atoms with Gasteiger partial charge in [0, 0.05) is 18.0 Å². The number of aromatic nitrogens is 4. The zero-order chi connectivity index (χ0) is 19.8. The van der Waals surface area contributed by atoms with Crippen molar-refractivity contribution >= 4 is 17.7 Å². The summed E-state index contributed by atoms with van der Waals surface area (Å²) in [4.78, 5) is 31.2. The Morgan fingerprint density at radius 3 is 2.66 bits per heavy atom. The number of carbonyl (C=O) groups excluding carboxylic acids is 2. The minimum atomic E-state index is -0.635. The molecule has 3 heterocycles. The van der Waals surface area contributed by atoms with Crippen LogP contribution in [0.4, 0.5) is 5.82 Å².